The SMILES string of the molecule is COCCSc1ccc2c3c(cccc13)C(=O)N(OS(=O)(=O)CC13CCC(CC1=O)C3(C)C)C2=O. The van der Waals surface area contributed by atoms with E-state index in [2.05, 4.69) is 0 Å². The molecule has 1 aliphatic heterocycles. The summed E-state index contributed by atoms with van der Waals surface area (Å²) < 4.78 is 36.6. The molecule has 0 N–H and O–H groups in total. The Morgan fingerprint density at radius 2 is 1.80 bits per heavy atom. The lowest BCUT2D eigenvalue weighted by molar-refractivity contribution is -0.128. The highest BCUT2D eigenvalue weighted by Crippen LogP contribution is 2.64. The van der Waals surface area contributed by atoms with Crippen molar-refractivity contribution in [2.24, 2.45) is 16.7 Å². The van der Waals surface area contributed by atoms with Gasteiger partial charge < -0.3 is 4.74 Å². The molecule has 2 fully saturated rings. The van der Waals surface area contributed by atoms with E-state index in [1.54, 1.807) is 43.1 Å². The number of methoxy groups -OCH3 is 1. The molecule has 2 aliphatic carbocycles. The first kappa shape index (κ1) is 24.4. The molecular weight excluding hydrogens is 490 g/mol. The number of hydrogen-bond donors (Lipinski definition) is 0. The molecule has 2 atom stereocenters. The van der Waals surface area contributed by atoms with Crippen molar-refractivity contribution in [1.82, 2.24) is 5.06 Å². The van der Waals surface area contributed by atoms with Gasteiger partial charge in [0.05, 0.1) is 28.9 Å². The Bertz CT molecular complexity index is 1350. The van der Waals surface area contributed by atoms with E-state index >= 15 is 0 Å². The normalized spacial score (nSPS) is 25.2. The van der Waals surface area contributed by atoms with E-state index in [1.165, 1.54) is 0 Å². The van der Waals surface area contributed by atoms with Gasteiger partial charge in [-0.3, -0.25) is 14.4 Å². The molecule has 186 valence electrons. The maximum Gasteiger partial charge on any atom is 0.289 e. The number of ketones is 1. The van der Waals surface area contributed by atoms with Crippen LogP contribution in [0.4, 0.5) is 0 Å². The average molecular weight is 518 g/mol. The number of imide groups is 1. The number of Topliss-reactive ketones (excluding diaryl/α,β-unsaturated/α-hetero) is 1. The molecule has 0 radical (unpaired) electrons. The maximum atomic E-state index is 13.3. The molecular formula is C25H27NO7S2. The van der Waals surface area contributed by atoms with E-state index in [0.717, 1.165) is 16.7 Å². The number of carbonyl (C=O) groups excluding carboxylic acids is 3. The Morgan fingerprint density at radius 1 is 1.09 bits per heavy atom. The Labute approximate surface area is 208 Å². The van der Waals surface area contributed by atoms with Crippen LogP contribution in [0.15, 0.2) is 35.2 Å². The largest absolute Gasteiger partial charge is 0.384 e. The van der Waals surface area contributed by atoms with Gasteiger partial charge in [0.15, 0.2) is 0 Å². The quantitative estimate of drug-likeness (QED) is 0.295. The third-order valence-electron chi connectivity index (χ3n) is 8.13. The minimum absolute atomic E-state index is 0.0872. The molecule has 10 heteroatoms. The number of hydroxylamine groups is 2. The van der Waals surface area contributed by atoms with Gasteiger partial charge in [-0.25, -0.2) is 0 Å². The molecule has 2 amide bonds. The maximum absolute atomic E-state index is 13.3. The lowest BCUT2D eigenvalue weighted by Crippen LogP contribution is -2.46. The summed E-state index contributed by atoms with van der Waals surface area (Å²) >= 11 is 1.54. The van der Waals surface area contributed by atoms with Crippen LogP contribution in [0, 0.1) is 16.7 Å². The van der Waals surface area contributed by atoms with Crippen molar-refractivity contribution in [3.05, 3.63) is 41.5 Å². The van der Waals surface area contributed by atoms with Gasteiger partial charge in [0.25, 0.3) is 21.9 Å². The van der Waals surface area contributed by atoms with E-state index in [1.807, 2.05) is 19.9 Å². The molecule has 8 nitrogen and oxygen atoms in total. The van der Waals surface area contributed by atoms with Crippen molar-refractivity contribution in [3.8, 4) is 0 Å². The molecule has 0 aromatic heterocycles. The van der Waals surface area contributed by atoms with Gasteiger partial charge in [-0.05, 0) is 47.8 Å². The highest BCUT2D eigenvalue weighted by molar-refractivity contribution is 7.99. The Hall–Kier alpha value is -2.27. The van der Waals surface area contributed by atoms with Gasteiger partial charge in [0, 0.05) is 29.6 Å². The van der Waals surface area contributed by atoms with Gasteiger partial charge in [-0.1, -0.05) is 26.0 Å². The second-order valence-electron chi connectivity index (χ2n) is 10.0. The summed E-state index contributed by atoms with van der Waals surface area (Å²) in [5.41, 5.74) is -1.17. The van der Waals surface area contributed by atoms with Crippen LogP contribution in [0.2, 0.25) is 0 Å². The molecule has 35 heavy (non-hydrogen) atoms. The minimum Gasteiger partial charge on any atom is -0.384 e. The monoisotopic (exact) mass is 517 g/mol. The van der Waals surface area contributed by atoms with Crippen molar-refractivity contribution in [3.63, 3.8) is 0 Å². The molecule has 0 spiro atoms. The molecule has 5 rings (SSSR count). The number of thioether (sulfide) groups is 1. The van der Waals surface area contributed by atoms with E-state index in [0.29, 0.717) is 35.7 Å². The smallest absolute Gasteiger partial charge is 0.289 e. The molecule has 0 saturated heterocycles. The Balaban J connectivity index is 1.46. The zero-order valence-electron chi connectivity index (χ0n) is 19.8. The van der Waals surface area contributed by atoms with E-state index in [4.69, 9.17) is 9.02 Å². The number of benzene rings is 2. The molecule has 2 aromatic rings. The summed E-state index contributed by atoms with van der Waals surface area (Å²) in [7, 11) is -2.81. The van der Waals surface area contributed by atoms with Crippen molar-refractivity contribution in [1.29, 1.82) is 0 Å². The van der Waals surface area contributed by atoms with Crippen molar-refractivity contribution in [2.75, 3.05) is 25.2 Å². The Kier molecular flexibility index (Phi) is 5.86. The fourth-order valence-electron chi connectivity index (χ4n) is 6.03. The number of rotatable bonds is 8. The van der Waals surface area contributed by atoms with Crippen molar-refractivity contribution in [2.45, 2.75) is 38.0 Å². The minimum atomic E-state index is -4.43. The van der Waals surface area contributed by atoms with Gasteiger partial charge in [-0.15, -0.1) is 21.1 Å². The molecule has 2 saturated carbocycles. The highest BCUT2D eigenvalue weighted by Gasteiger charge is 2.65. The Morgan fingerprint density at radius 3 is 2.43 bits per heavy atom. The first-order chi connectivity index (χ1) is 16.5. The van der Waals surface area contributed by atoms with Crippen LogP contribution >= 0.6 is 11.8 Å². The number of nitrogens with zero attached hydrogens (tertiary/aromatic N) is 1. The predicted octanol–water partition coefficient (Wildman–Crippen LogP) is 3.83. The summed E-state index contributed by atoms with van der Waals surface area (Å²) in [6.07, 6.45) is 1.58. The zero-order chi connectivity index (χ0) is 25.2. The fourth-order valence-corrected chi connectivity index (χ4v) is 8.68. The molecule has 2 unspecified atom stereocenters. The van der Waals surface area contributed by atoms with E-state index in [-0.39, 0.29) is 22.8 Å². The third-order valence-corrected chi connectivity index (χ3v) is 10.4. The zero-order valence-corrected chi connectivity index (χ0v) is 21.5. The van der Waals surface area contributed by atoms with Crippen LogP contribution in [0.25, 0.3) is 10.8 Å². The van der Waals surface area contributed by atoms with Crippen LogP contribution in [-0.2, 0) is 23.9 Å². The van der Waals surface area contributed by atoms with Gasteiger partial charge >= 0.3 is 0 Å². The number of fused-ring (bicyclic) bond motifs is 2. The van der Waals surface area contributed by atoms with Crippen LogP contribution in [0.3, 0.4) is 0 Å². The first-order valence-corrected chi connectivity index (χ1v) is 14.1. The molecule has 1 heterocycles. The number of amides is 2. The topological polar surface area (TPSA) is 107 Å². The van der Waals surface area contributed by atoms with Crippen molar-refractivity contribution >= 4 is 50.3 Å². The standard InChI is InChI=1S/C25H27NO7S2/c1-24(2)15-9-10-25(24,20(27)13-15)14-35(30,31)33-26-22(28)17-6-4-5-16-19(34-12-11-32-3)8-7-18(21(16)17)23(26)29/h4-8,15H,9-14H2,1-3H3. The lowest BCUT2D eigenvalue weighted by atomic mass is 9.70. The highest BCUT2D eigenvalue weighted by atomic mass is 32.2. The average Bonchev–Trinajstić information content (AvgIpc) is 3.15. The second-order valence-corrected chi connectivity index (χ2v) is 12.7. The summed E-state index contributed by atoms with van der Waals surface area (Å²) in [5.74, 6) is -1.49. The summed E-state index contributed by atoms with van der Waals surface area (Å²) in [6, 6.07) is 8.44. The summed E-state index contributed by atoms with van der Waals surface area (Å²) in [5, 5.41) is 1.55. The molecule has 2 bridgehead atoms. The van der Waals surface area contributed by atoms with Gasteiger partial charge in [0.1, 0.15) is 5.78 Å². The molecule has 2 aromatic carbocycles. The fraction of sp³-hybridized carbons (Fsp3) is 0.480. The van der Waals surface area contributed by atoms with Crippen LogP contribution in [0.5, 0.6) is 0 Å². The third kappa shape index (κ3) is 3.64. The van der Waals surface area contributed by atoms with Crippen LogP contribution in [0.1, 0.15) is 53.8 Å². The van der Waals surface area contributed by atoms with Gasteiger partial charge in [-0.2, -0.15) is 8.42 Å². The lowest BCUT2D eigenvalue weighted by Gasteiger charge is -2.36. The van der Waals surface area contributed by atoms with Crippen LogP contribution < -0.4 is 0 Å². The van der Waals surface area contributed by atoms with Gasteiger partial charge in [0.2, 0.25) is 0 Å². The van der Waals surface area contributed by atoms with E-state index in [9.17, 15) is 22.8 Å². The number of hydrogen-bond acceptors (Lipinski definition) is 8. The molecule has 3 aliphatic rings. The summed E-state index contributed by atoms with van der Waals surface area (Å²) in [6.45, 7) is 4.38. The first-order valence-electron chi connectivity index (χ1n) is 11.5. The van der Waals surface area contributed by atoms with Crippen LogP contribution in [-0.4, -0.2) is 56.3 Å². The summed E-state index contributed by atoms with van der Waals surface area (Å²) in [4.78, 5) is 40.2. The number of carbonyl (C=O) groups is 3. The predicted molar refractivity (Wildman–Crippen MR) is 130 cm³/mol. The van der Waals surface area contributed by atoms with Crippen molar-refractivity contribution < 1.29 is 31.8 Å². The number of ether oxygens (including phenoxy) is 1. The second kappa shape index (κ2) is 8.40. The van der Waals surface area contributed by atoms with E-state index < -0.39 is 38.5 Å².